The number of carbonyl (C=O) groups excluding carboxylic acids is 1. The summed E-state index contributed by atoms with van der Waals surface area (Å²) in [6.45, 7) is 3.26. The van der Waals surface area contributed by atoms with Crippen LogP contribution >= 0.6 is 0 Å². The molecule has 2 N–H and O–H groups in total. The van der Waals surface area contributed by atoms with Gasteiger partial charge in [0.25, 0.3) is 5.91 Å². The van der Waals surface area contributed by atoms with Gasteiger partial charge in [-0.05, 0) is 48.6 Å². The summed E-state index contributed by atoms with van der Waals surface area (Å²) in [5, 5.41) is 0. The lowest BCUT2D eigenvalue weighted by atomic mass is 9.90. The molecular formula is C21H26N2O3S. The fourth-order valence-electron chi connectivity index (χ4n) is 3.75. The second kappa shape index (κ2) is 8.23. The van der Waals surface area contributed by atoms with Crippen LogP contribution in [0.1, 0.15) is 35.7 Å². The van der Waals surface area contributed by atoms with Gasteiger partial charge in [-0.15, -0.1) is 0 Å². The summed E-state index contributed by atoms with van der Waals surface area (Å²) in [7, 11) is -3.45. The second-order valence-electron chi connectivity index (χ2n) is 7.19. The van der Waals surface area contributed by atoms with Crippen molar-refractivity contribution in [3.05, 3.63) is 65.7 Å². The van der Waals surface area contributed by atoms with Crippen molar-refractivity contribution >= 4 is 15.7 Å². The molecule has 0 bridgehead atoms. The van der Waals surface area contributed by atoms with Crippen LogP contribution in [0.3, 0.4) is 0 Å². The predicted octanol–water partition coefficient (Wildman–Crippen LogP) is 2.86. The van der Waals surface area contributed by atoms with Crippen molar-refractivity contribution in [3.63, 3.8) is 0 Å². The van der Waals surface area contributed by atoms with E-state index in [4.69, 9.17) is 5.73 Å². The van der Waals surface area contributed by atoms with Crippen LogP contribution in [0.25, 0.3) is 0 Å². The Kier molecular flexibility index (Phi) is 5.97. The van der Waals surface area contributed by atoms with Crippen molar-refractivity contribution < 1.29 is 13.2 Å². The highest BCUT2D eigenvalue weighted by molar-refractivity contribution is 7.90. The van der Waals surface area contributed by atoms with Crippen molar-refractivity contribution in [1.29, 1.82) is 0 Å². The largest absolute Gasteiger partial charge is 0.334 e. The Morgan fingerprint density at radius 1 is 1.15 bits per heavy atom. The third-order valence-electron chi connectivity index (χ3n) is 5.25. The van der Waals surface area contributed by atoms with Crippen LogP contribution < -0.4 is 5.73 Å². The lowest BCUT2D eigenvalue weighted by molar-refractivity contribution is 0.0532. The quantitative estimate of drug-likeness (QED) is 0.857. The Labute approximate surface area is 161 Å². The van der Waals surface area contributed by atoms with Crippen molar-refractivity contribution in [2.45, 2.75) is 36.5 Å². The van der Waals surface area contributed by atoms with E-state index >= 15 is 0 Å². The van der Waals surface area contributed by atoms with Crippen molar-refractivity contribution in [1.82, 2.24) is 4.90 Å². The van der Waals surface area contributed by atoms with Gasteiger partial charge in [0.1, 0.15) is 0 Å². The molecular weight excluding hydrogens is 360 g/mol. The van der Waals surface area contributed by atoms with Gasteiger partial charge in [0.15, 0.2) is 9.84 Å². The Bertz CT molecular complexity index is 897. The average molecular weight is 387 g/mol. The van der Waals surface area contributed by atoms with Crippen LogP contribution in [-0.4, -0.2) is 38.4 Å². The van der Waals surface area contributed by atoms with Gasteiger partial charge < -0.3 is 10.6 Å². The summed E-state index contributed by atoms with van der Waals surface area (Å²) in [5.41, 5.74) is 7.03. The van der Waals surface area contributed by atoms with E-state index in [-0.39, 0.29) is 22.6 Å². The van der Waals surface area contributed by atoms with E-state index in [0.29, 0.717) is 30.1 Å². The number of hydrogen-bond donors (Lipinski definition) is 1. The molecule has 2 aromatic carbocycles. The van der Waals surface area contributed by atoms with Crippen molar-refractivity contribution in [2.24, 2.45) is 11.7 Å². The number of carbonyl (C=O) groups is 1. The minimum absolute atomic E-state index is 0.0305. The first kappa shape index (κ1) is 19.6. The van der Waals surface area contributed by atoms with Gasteiger partial charge in [-0.3, -0.25) is 4.79 Å². The number of hydrogen-bond acceptors (Lipinski definition) is 4. The molecule has 1 aliphatic rings. The Hall–Kier alpha value is -2.18. The molecule has 0 radical (unpaired) electrons. The molecule has 1 fully saturated rings. The zero-order valence-corrected chi connectivity index (χ0v) is 16.4. The van der Waals surface area contributed by atoms with E-state index in [0.717, 1.165) is 12.8 Å². The van der Waals surface area contributed by atoms with Gasteiger partial charge in [0, 0.05) is 24.7 Å². The maximum absolute atomic E-state index is 13.0. The molecule has 2 aromatic rings. The molecule has 2 atom stereocenters. The summed E-state index contributed by atoms with van der Waals surface area (Å²) >= 11 is 0. The molecule has 27 heavy (non-hydrogen) atoms. The predicted molar refractivity (Wildman–Crippen MR) is 106 cm³/mol. The SMILES string of the molecule is C[C@@H]1CCCN(C(=O)c2cccc(CS(=O)(=O)c3ccccc3)c2)[C@@H]1CN. The maximum atomic E-state index is 13.0. The zero-order chi connectivity index (χ0) is 19.4. The molecule has 0 spiro atoms. The molecule has 1 heterocycles. The first-order valence-electron chi connectivity index (χ1n) is 9.30. The fraction of sp³-hybridized carbons (Fsp3) is 0.381. The number of likely N-dealkylation sites (tertiary alicyclic amines) is 1. The number of rotatable bonds is 5. The number of sulfone groups is 1. The smallest absolute Gasteiger partial charge is 0.254 e. The standard InChI is InChI=1S/C21H26N2O3S/c1-16-7-6-12-23(20(16)14-22)21(24)18-9-5-8-17(13-18)15-27(25,26)19-10-3-2-4-11-19/h2-5,8-11,13,16,20H,6-7,12,14-15,22H2,1H3/t16-,20-/m1/s1. The van der Waals surface area contributed by atoms with Gasteiger partial charge in [-0.25, -0.2) is 8.42 Å². The van der Waals surface area contributed by atoms with Crippen molar-refractivity contribution in [2.75, 3.05) is 13.1 Å². The van der Waals surface area contributed by atoms with Crippen LogP contribution in [0.5, 0.6) is 0 Å². The van der Waals surface area contributed by atoms with Crippen LogP contribution in [-0.2, 0) is 15.6 Å². The molecule has 1 saturated heterocycles. The maximum Gasteiger partial charge on any atom is 0.254 e. The monoisotopic (exact) mass is 386 g/mol. The average Bonchev–Trinajstić information content (AvgIpc) is 2.68. The molecule has 0 saturated carbocycles. The van der Waals surface area contributed by atoms with E-state index in [2.05, 4.69) is 6.92 Å². The highest BCUT2D eigenvalue weighted by Crippen LogP contribution is 2.25. The second-order valence-corrected chi connectivity index (χ2v) is 9.18. The number of nitrogens with two attached hydrogens (primary N) is 1. The number of piperidine rings is 1. The minimum Gasteiger partial charge on any atom is -0.334 e. The third kappa shape index (κ3) is 4.39. The van der Waals surface area contributed by atoms with Gasteiger partial charge in [-0.2, -0.15) is 0 Å². The first-order chi connectivity index (χ1) is 12.9. The molecule has 0 aromatic heterocycles. The Morgan fingerprint density at radius 3 is 2.59 bits per heavy atom. The van der Waals surface area contributed by atoms with Gasteiger partial charge in [0.2, 0.25) is 0 Å². The summed E-state index contributed by atoms with van der Waals surface area (Å²) in [6.07, 6.45) is 2.03. The van der Waals surface area contributed by atoms with Crippen LogP contribution in [0.15, 0.2) is 59.5 Å². The molecule has 0 unspecified atom stereocenters. The van der Waals surface area contributed by atoms with Crippen LogP contribution in [0, 0.1) is 5.92 Å². The summed E-state index contributed by atoms with van der Waals surface area (Å²) in [5.74, 6) is 0.166. The van der Waals surface area contributed by atoms with Gasteiger partial charge in [-0.1, -0.05) is 37.3 Å². The number of nitrogens with zero attached hydrogens (tertiary/aromatic N) is 1. The molecule has 5 nitrogen and oxygen atoms in total. The Morgan fingerprint density at radius 2 is 1.89 bits per heavy atom. The third-order valence-corrected chi connectivity index (χ3v) is 6.95. The van der Waals surface area contributed by atoms with Gasteiger partial charge >= 0.3 is 0 Å². The normalized spacial score (nSPS) is 20.4. The highest BCUT2D eigenvalue weighted by Gasteiger charge is 2.31. The lowest BCUT2D eigenvalue weighted by Gasteiger charge is -2.39. The zero-order valence-electron chi connectivity index (χ0n) is 15.5. The molecule has 3 rings (SSSR count). The minimum atomic E-state index is -3.45. The van der Waals surface area contributed by atoms with E-state index in [9.17, 15) is 13.2 Å². The van der Waals surface area contributed by atoms with Gasteiger partial charge in [0.05, 0.1) is 10.6 Å². The highest BCUT2D eigenvalue weighted by atomic mass is 32.2. The number of benzene rings is 2. The lowest BCUT2D eigenvalue weighted by Crippen LogP contribution is -2.51. The van der Waals surface area contributed by atoms with Crippen LogP contribution in [0.2, 0.25) is 0 Å². The molecule has 1 amide bonds. The van der Waals surface area contributed by atoms with E-state index in [1.165, 1.54) is 0 Å². The topological polar surface area (TPSA) is 80.5 Å². The summed E-state index contributed by atoms with van der Waals surface area (Å²) in [4.78, 5) is 15.2. The molecule has 6 heteroatoms. The molecule has 144 valence electrons. The van der Waals surface area contributed by atoms with E-state index in [1.54, 1.807) is 54.6 Å². The van der Waals surface area contributed by atoms with Crippen molar-refractivity contribution in [3.8, 4) is 0 Å². The molecule has 0 aliphatic carbocycles. The number of amides is 1. The van der Waals surface area contributed by atoms with E-state index < -0.39 is 9.84 Å². The first-order valence-corrected chi connectivity index (χ1v) is 11.0. The van der Waals surface area contributed by atoms with E-state index in [1.807, 2.05) is 4.90 Å². The van der Waals surface area contributed by atoms with Crippen LogP contribution in [0.4, 0.5) is 0 Å². The Balaban J connectivity index is 1.82. The summed E-state index contributed by atoms with van der Waals surface area (Å²) < 4.78 is 25.2. The fourth-order valence-corrected chi connectivity index (χ4v) is 5.11. The molecule has 1 aliphatic heterocycles. The summed E-state index contributed by atoms with van der Waals surface area (Å²) in [6, 6.07) is 15.3.